The normalized spacial score (nSPS) is 19.3. The van der Waals surface area contributed by atoms with Crippen molar-refractivity contribution in [3.8, 4) is 11.4 Å². The number of rotatable bonds is 15. The Morgan fingerprint density at radius 2 is 1.55 bits per heavy atom. The summed E-state index contributed by atoms with van der Waals surface area (Å²) in [5.41, 5.74) is 3.16. The molecular weight excluding hydrogens is 743 g/mol. The largest absolute Gasteiger partial charge is 0.493 e. The topological polar surface area (TPSA) is 105 Å². The van der Waals surface area contributed by atoms with Gasteiger partial charge < -0.3 is 24.0 Å². The van der Waals surface area contributed by atoms with Gasteiger partial charge >= 0.3 is 5.69 Å². The predicted molar refractivity (Wildman–Crippen MR) is 216 cm³/mol. The van der Waals surface area contributed by atoms with E-state index in [9.17, 15) is 9.18 Å². The van der Waals surface area contributed by atoms with Crippen molar-refractivity contribution in [1.29, 1.82) is 0 Å². The maximum Gasteiger partial charge on any atom is 0.350 e. The van der Waals surface area contributed by atoms with Crippen LogP contribution < -0.4 is 20.2 Å². The first kappa shape index (κ1) is 39.0. The lowest BCUT2D eigenvalue weighted by molar-refractivity contribution is -0.0206. The van der Waals surface area contributed by atoms with Crippen molar-refractivity contribution in [2.75, 3.05) is 49.2 Å². The molecule has 4 atom stereocenters. The lowest BCUT2D eigenvalue weighted by Crippen LogP contribution is -2.46. The van der Waals surface area contributed by atoms with E-state index in [1.54, 1.807) is 26.6 Å². The van der Waals surface area contributed by atoms with Gasteiger partial charge in [0.15, 0.2) is 0 Å². The monoisotopic (exact) mass is 790 g/mol. The molecule has 0 saturated carbocycles. The molecule has 0 unspecified atom stereocenters. The van der Waals surface area contributed by atoms with Gasteiger partial charge in [0.05, 0.1) is 44.2 Å². The SMILES string of the molecule is CC[C@H]([C@@H](C)OCc1ccccc1)n1ncn(-c2ccc(N3CCN(c4ccc(OC[C@@H]5CO[C@](Cn6cncn6)(c6ccc(F)cc6F)C5)cc4)CC3)cc2)c1=O. The van der Waals surface area contributed by atoms with E-state index >= 15 is 4.39 Å². The van der Waals surface area contributed by atoms with E-state index in [0.717, 1.165) is 60.6 Å². The highest BCUT2D eigenvalue weighted by molar-refractivity contribution is 5.54. The Hall–Kier alpha value is -5.86. The van der Waals surface area contributed by atoms with Gasteiger partial charge in [0.1, 0.15) is 42.0 Å². The lowest BCUT2D eigenvalue weighted by Gasteiger charge is -2.37. The molecule has 8 rings (SSSR count). The van der Waals surface area contributed by atoms with Gasteiger partial charge in [-0.05, 0) is 79.9 Å². The summed E-state index contributed by atoms with van der Waals surface area (Å²) in [4.78, 5) is 22.2. The Bertz CT molecular complexity index is 2300. The van der Waals surface area contributed by atoms with Crippen LogP contribution in [0.3, 0.4) is 0 Å². The van der Waals surface area contributed by atoms with Gasteiger partial charge in [-0.2, -0.15) is 10.2 Å². The summed E-state index contributed by atoms with van der Waals surface area (Å²) in [7, 11) is 0. The minimum Gasteiger partial charge on any atom is -0.493 e. The van der Waals surface area contributed by atoms with Crippen LogP contribution in [-0.4, -0.2) is 74.6 Å². The number of hydrogen-bond donors (Lipinski definition) is 0. The summed E-state index contributed by atoms with van der Waals surface area (Å²) < 4.78 is 52.1. The predicted octanol–water partition coefficient (Wildman–Crippen LogP) is 6.80. The Morgan fingerprint density at radius 1 is 0.862 bits per heavy atom. The van der Waals surface area contributed by atoms with Crippen molar-refractivity contribution in [2.24, 2.45) is 5.92 Å². The highest BCUT2D eigenvalue weighted by Crippen LogP contribution is 2.42. The second kappa shape index (κ2) is 17.3. The number of anilines is 2. The molecule has 14 heteroatoms. The van der Waals surface area contributed by atoms with E-state index in [0.29, 0.717) is 38.2 Å². The second-order valence-corrected chi connectivity index (χ2v) is 15.1. The van der Waals surface area contributed by atoms with Crippen LogP contribution >= 0.6 is 0 Å². The standard InChI is InChI=1S/C44H48F2N8O4/c1-3-42(32(2)56-25-33-7-5-4-6-8-33)54-43(55)53(31-49-54)38-12-10-36(11-13-38)50-19-21-51(22-20-50)37-14-16-39(17-15-37)57-26-34-24-44(58-27-34,28-52-30-47-29-48-52)40-18-9-35(45)23-41(40)46/h4-18,23,29-32,34,42H,3,19-22,24-28H2,1-2H3/t32-,34-,42-,44-/m1/s1. The molecule has 2 saturated heterocycles. The van der Waals surface area contributed by atoms with Crippen molar-refractivity contribution in [3.63, 3.8) is 0 Å². The number of aromatic nitrogens is 6. The van der Waals surface area contributed by atoms with Crippen LogP contribution in [0.2, 0.25) is 0 Å². The van der Waals surface area contributed by atoms with Crippen molar-refractivity contribution in [2.45, 2.75) is 57.6 Å². The molecule has 4 aromatic carbocycles. The summed E-state index contributed by atoms with van der Waals surface area (Å²) >= 11 is 0. The number of ether oxygens (including phenoxy) is 3. The van der Waals surface area contributed by atoms with E-state index in [2.05, 4.69) is 49.2 Å². The molecule has 302 valence electrons. The first-order chi connectivity index (χ1) is 28.3. The van der Waals surface area contributed by atoms with Gasteiger partial charge in [-0.25, -0.2) is 32.5 Å². The zero-order valence-corrected chi connectivity index (χ0v) is 32.7. The van der Waals surface area contributed by atoms with Crippen LogP contribution in [0.5, 0.6) is 5.75 Å². The van der Waals surface area contributed by atoms with Gasteiger partial charge in [-0.1, -0.05) is 43.3 Å². The molecule has 2 fully saturated rings. The number of halogens is 2. The summed E-state index contributed by atoms with van der Waals surface area (Å²) in [5.74, 6) is -0.555. The fourth-order valence-electron chi connectivity index (χ4n) is 8.14. The third-order valence-corrected chi connectivity index (χ3v) is 11.3. The third-order valence-electron chi connectivity index (χ3n) is 11.3. The number of nitrogens with zero attached hydrogens (tertiary/aromatic N) is 8. The van der Waals surface area contributed by atoms with Gasteiger partial charge in [0.2, 0.25) is 0 Å². The molecular formula is C44H48F2N8O4. The Balaban J connectivity index is 0.828. The molecule has 12 nitrogen and oxygen atoms in total. The van der Waals surface area contributed by atoms with Crippen molar-refractivity contribution in [3.05, 3.63) is 149 Å². The lowest BCUT2D eigenvalue weighted by atomic mass is 9.87. The average Bonchev–Trinajstić information content (AvgIpc) is 4.02. The Labute approximate surface area is 336 Å². The van der Waals surface area contributed by atoms with E-state index in [1.165, 1.54) is 18.5 Å². The third kappa shape index (κ3) is 8.53. The quantitative estimate of drug-likeness (QED) is 0.111. The molecule has 0 spiro atoms. The number of piperazine rings is 1. The Morgan fingerprint density at radius 3 is 2.21 bits per heavy atom. The summed E-state index contributed by atoms with van der Waals surface area (Å²) in [5, 5.41) is 8.68. The molecule has 2 aromatic heterocycles. The average molecular weight is 791 g/mol. The van der Waals surface area contributed by atoms with Crippen LogP contribution in [-0.2, 0) is 28.2 Å². The van der Waals surface area contributed by atoms with E-state index in [4.69, 9.17) is 14.2 Å². The smallest absolute Gasteiger partial charge is 0.350 e. The highest BCUT2D eigenvalue weighted by atomic mass is 19.1. The fourth-order valence-corrected chi connectivity index (χ4v) is 8.14. The molecule has 6 aromatic rings. The van der Waals surface area contributed by atoms with E-state index in [-0.39, 0.29) is 30.3 Å². The van der Waals surface area contributed by atoms with Crippen LogP contribution in [0, 0.1) is 17.6 Å². The molecule has 2 aliphatic heterocycles. The minimum atomic E-state index is -1.02. The van der Waals surface area contributed by atoms with Crippen LogP contribution in [0.15, 0.2) is 121 Å². The molecule has 0 bridgehead atoms. The Kier molecular flexibility index (Phi) is 11.6. The molecule has 0 radical (unpaired) electrons. The molecule has 0 aliphatic carbocycles. The molecule has 4 heterocycles. The zero-order valence-electron chi connectivity index (χ0n) is 32.7. The summed E-state index contributed by atoms with van der Waals surface area (Å²) in [6.45, 7) is 8.91. The van der Waals surface area contributed by atoms with Gasteiger partial charge in [0, 0.05) is 55.1 Å². The number of hydrogen-bond acceptors (Lipinski definition) is 9. The molecule has 0 amide bonds. The minimum absolute atomic E-state index is 0.0128. The van der Waals surface area contributed by atoms with Crippen molar-refractivity contribution >= 4 is 11.4 Å². The van der Waals surface area contributed by atoms with Crippen LogP contribution in [0.25, 0.3) is 5.69 Å². The first-order valence-electron chi connectivity index (χ1n) is 19.9. The summed E-state index contributed by atoms with van der Waals surface area (Å²) in [6, 6.07) is 29.6. The second-order valence-electron chi connectivity index (χ2n) is 15.1. The maximum atomic E-state index is 15.0. The van der Waals surface area contributed by atoms with Crippen molar-refractivity contribution < 1.29 is 23.0 Å². The van der Waals surface area contributed by atoms with Gasteiger partial charge in [-0.15, -0.1) is 0 Å². The van der Waals surface area contributed by atoms with Gasteiger partial charge in [-0.3, -0.25) is 0 Å². The van der Waals surface area contributed by atoms with E-state index in [1.807, 2.05) is 68.4 Å². The maximum absolute atomic E-state index is 15.0. The first-order valence-corrected chi connectivity index (χ1v) is 19.9. The summed E-state index contributed by atoms with van der Waals surface area (Å²) in [6.07, 6.45) is 5.57. The van der Waals surface area contributed by atoms with Gasteiger partial charge in [0.25, 0.3) is 0 Å². The van der Waals surface area contributed by atoms with E-state index < -0.39 is 17.2 Å². The number of benzene rings is 4. The molecule has 58 heavy (non-hydrogen) atoms. The van der Waals surface area contributed by atoms with Crippen LogP contribution in [0.1, 0.15) is 43.9 Å². The zero-order chi connectivity index (χ0) is 40.1. The molecule has 2 aliphatic rings. The fraction of sp³-hybridized carbons (Fsp3) is 0.364. The van der Waals surface area contributed by atoms with Crippen molar-refractivity contribution in [1.82, 2.24) is 29.1 Å². The highest BCUT2D eigenvalue weighted by Gasteiger charge is 2.44. The molecule has 0 N–H and O–H groups in total. The van der Waals surface area contributed by atoms with Crippen LogP contribution in [0.4, 0.5) is 20.2 Å².